The molecular formula is C19H26N6O3S2. The monoisotopic (exact) mass is 450 g/mol. The van der Waals surface area contributed by atoms with Crippen LogP contribution in [0.2, 0.25) is 0 Å². The Kier molecular flexibility index (Phi) is 6.12. The molecular weight excluding hydrogens is 424 g/mol. The van der Waals surface area contributed by atoms with E-state index in [-0.39, 0.29) is 29.2 Å². The fourth-order valence-corrected chi connectivity index (χ4v) is 6.71. The Morgan fingerprint density at radius 1 is 1.17 bits per heavy atom. The van der Waals surface area contributed by atoms with Crippen molar-refractivity contribution in [2.24, 2.45) is 0 Å². The van der Waals surface area contributed by atoms with E-state index in [0.29, 0.717) is 24.7 Å². The molecule has 0 radical (unpaired) electrons. The minimum atomic E-state index is -2.89. The maximum absolute atomic E-state index is 12.7. The Morgan fingerprint density at radius 2 is 1.87 bits per heavy atom. The van der Waals surface area contributed by atoms with Gasteiger partial charge in [0.25, 0.3) is 0 Å². The number of carbonyl (C=O) groups excluding carboxylic acids is 1. The molecule has 0 unspecified atom stereocenters. The van der Waals surface area contributed by atoms with Crippen LogP contribution in [0, 0.1) is 13.8 Å². The number of rotatable bonds is 5. The van der Waals surface area contributed by atoms with Crippen molar-refractivity contribution < 1.29 is 13.2 Å². The molecule has 2 aromatic rings. The van der Waals surface area contributed by atoms with Gasteiger partial charge in [-0.2, -0.15) is 4.68 Å². The van der Waals surface area contributed by atoms with Gasteiger partial charge in [0, 0.05) is 32.2 Å². The molecule has 9 nitrogen and oxygen atoms in total. The average Bonchev–Trinajstić information content (AvgIpc) is 3.32. The number of carbonyl (C=O) groups is 1. The van der Waals surface area contributed by atoms with Crippen molar-refractivity contribution >= 4 is 27.5 Å². The summed E-state index contributed by atoms with van der Waals surface area (Å²) in [7, 11) is -2.89. The summed E-state index contributed by atoms with van der Waals surface area (Å²) in [5.74, 6) is 0.846. The number of piperazine rings is 1. The van der Waals surface area contributed by atoms with Crippen molar-refractivity contribution in [1.29, 1.82) is 0 Å². The summed E-state index contributed by atoms with van der Waals surface area (Å²) in [4.78, 5) is 16.8. The van der Waals surface area contributed by atoms with E-state index >= 15 is 0 Å². The first-order valence-corrected chi connectivity index (χ1v) is 12.8. The molecule has 0 aliphatic carbocycles. The zero-order valence-corrected chi connectivity index (χ0v) is 18.8. The highest BCUT2D eigenvalue weighted by Gasteiger charge is 2.34. The van der Waals surface area contributed by atoms with Gasteiger partial charge < -0.3 is 4.90 Å². The first-order chi connectivity index (χ1) is 14.3. The highest BCUT2D eigenvalue weighted by atomic mass is 32.2. The topological polar surface area (TPSA) is 101 Å². The number of amides is 1. The van der Waals surface area contributed by atoms with E-state index in [1.807, 2.05) is 36.9 Å². The van der Waals surface area contributed by atoms with Crippen LogP contribution in [-0.4, -0.2) is 93.8 Å². The van der Waals surface area contributed by atoms with Gasteiger partial charge in [-0.05, 0) is 41.8 Å². The molecule has 162 valence electrons. The zero-order chi connectivity index (χ0) is 21.3. The third-order valence-corrected chi connectivity index (χ3v) is 8.46. The third-order valence-electron chi connectivity index (χ3n) is 5.81. The quantitative estimate of drug-likeness (QED) is 0.614. The molecule has 0 N–H and O–H groups in total. The summed E-state index contributed by atoms with van der Waals surface area (Å²) < 4.78 is 25.1. The van der Waals surface area contributed by atoms with Gasteiger partial charge in [0.2, 0.25) is 11.1 Å². The Bertz CT molecular complexity index is 1010. The van der Waals surface area contributed by atoms with E-state index in [0.717, 1.165) is 29.9 Å². The maximum atomic E-state index is 12.7. The largest absolute Gasteiger partial charge is 0.339 e. The number of hydrogen-bond donors (Lipinski definition) is 0. The van der Waals surface area contributed by atoms with Crippen LogP contribution in [0.3, 0.4) is 0 Å². The lowest BCUT2D eigenvalue weighted by molar-refractivity contribution is -0.130. The summed E-state index contributed by atoms with van der Waals surface area (Å²) in [6.45, 7) is 6.71. The molecule has 2 saturated heterocycles. The second kappa shape index (κ2) is 8.64. The van der Waals surface area contributed by atoms with E-state index in [1.54, 1.807) is 4.68 Å². The van der Waals surface area contributed by atoms with Crippen LogP contribution in [-0.2, 0) is 14.6 Å². The summed E-state index contributed by atoms with van der Waals surface area (Å²) in [6, 6.07) is 6.12. The molecule has 1 atom stereocenters. The van der Waals surface area contributed by atoms with Gasteiger partial charge >= 0.3 is 0 Å². The predicted molar refractivity (Wildman–Crippen MR) is 115 cm³/mol. The summed E-state index contributed by atoms with van der Waals surface area (Å²) >= 11 is 1.34. The number of tetrazole rings is 1. The minimum Gasteiger partial charge on any atom is -0.339 e. The highest BCUT2D eigenvalue weighted by Crippen LogP contribution is 2.24. The van der Waals surface area contributed by atoms with Gasteiger partial charge in [-0.3, -0.25) is 9.69 Å². The lowest BCUT2D eigenvalue weighted by atomic mass is 10.1. The van der Waals surface area contributed by atoms with E-state index in [1.165, 1.54) is 11.8 Å². The van der Waals surface area contributed by atoms with E-state index in [2.05, 4.69) is 20.4 Å². The van der Waals surface area contributed by atoms with E-state index in [4.69, 9.17) is 0 Å². The third kappa shape index (κ3) is 4.52. The predicted octanol–water partition coefficient (Wildman–Crippen LogP) is 0.703. The van der Waals surface area contributed by atoms with Gasteiger partial charge in [0.05, 0.1) is 22.9 Å². The Labute approximate surface area is 180 Å². The standard InChI is InChI=1S/C19H26N6O3S2/c1-14-4-3-5-15(2)18(14)25-19(20-21-22-25)29-12-17(26)24-9-7-23(8-10-24)16-6-11-30(27,28)13-16/h3-5,16H,6-13H2,1-2H3/t16-/m1/s1. The van der Waals surface area contributed by atoms with Crippen molar-refractivity contribution in [2.45, 2.75) is 31.5 Å². The van der Waals surface area contributed by atoms with Crippen LogP contribution in [0.1, 0.15) is 17.5 Å². The van der Waals surface area contributed by atoms with Crippen LogP contribution in [0.15, 0.2) is 23.4 Å². The normalized spacial score (nSPS) is 21.8. The van der Waals surface area contributed by atoms with E-state index < -0.39 is 9.84 Å². The highest BCUT2D eigenvalue weighted by molar-refractivity contribution is 7.99. The molecule has 3 heterocycles. The summed E-state index contributed by atoms with van der Waals surface area (Å²) in [5.41, 5.74) is 3.08. The average molecular weight is 451 g/mol. The van der Waals surface area contributed by atoms with Crippen molar-refractivity contribution in [3.63, 3.8) is 0 Å². The number of aryl methyl sites for hydroxylation is 2. The molecule has 0 saturated carbocycles. The number of hydrogen-bond acceptors (Lipinski definition) is 8. The molecule has 1 aromatic carbocycles. The van der Waals surface area contributed by atoms with Crippen molar-refractivity contribution in [3.8, 4) is 5.69 Å². The molecule has 2 fully saturated rings. The van der Waals surface area contributed by atoms with Crippen LogP contribution in [0.4, 0.5) is 0 Å². The van der Waals surface area contributed by atoms with Crippen molar-refractivity contribution in [1.82, 2.24) is 30.0 Å². The molecule has 1 amide bonds. The minimum absolute atomic E-state index is 0.0507. The van der Waals surface area contributed by atoms with Crippen molar-refractivity contribution in [2.75, 3.05) is 43.4 Å². The van der Waals surface area contributed by atoms with Gasteiger partial charge in [-0.25, -0.2) is 8.42 Å². The van der Waals surface area contributed by atoms with Gasteiger partial charge in [0.15, 0.2) is 9.84 Å². The molecule has 0 bridgehead atoms. The molecule has 11 heteroatoms. The van der Waals surface area contributed by atoms with Gasteiger partial charge in [-0.1, -0.05) is 30.0 Å². The zero-order valence-electron chi connectivity index (χ0n) is 17.2. The van der Waals surface area contributed by atoms with Crippen LogP contribution in [0.25, 0.3) is 5.69 Å². The first-order valence-electron chi connectivity index (χ1n) is 10.0. The number of sulfone groups is 1. The molecule has 2 aliphatic rings. The van der Waals surface area contributed by atoms with Crippen LogP contribution in [0.5, 0.6) is 0 Å². The Hall–Kier alpha value is -1.98. The van der Waals surface area contributed by atoms with Crippen LogP contribution < -0.4 is 0 Å². The van der Waals surface area contributed by atoms with Crippen LogP contribution >= 0.6 is 11.8 Å². The first kappa shape index (κ1) is 21.3. The van der Waals surface area contributed by atoms with Gasteiger partial charge in [0.1, 0.15) is 0 Å². The second-order valence-corrected chi connectivity index (χ2v) is 11.0. The number of nitrogens with zero attached hydrogens (tertiary/aromatic N) is 6. The molecule has 0 spiro atoms. The maximum Gasteiger partial charge on any atom is 0.233 e. The number of aromatic nitrogens is 4. The van der Waals surface area contributed by atoms with Crippen molar-refractivity contribution in [3.05, 3.63) is 29.3 Å². The molecule has 1 aromatic heterocycles. The number of benzene rings is 1. The number of para-hydroxylation sites is 1. The SMILES string of the molecule is Cc1cccc(C)c1-n1nnnc1SCC(=O)N1CCN([C@@H]2CCS(=O)(=O)C2)CC1. The smallest absolute Gasteiger partial charge is 0.233 e. The molecule has 30 heavy (non-hydrogen) atoms. The van der Waals surface area contributed by atoms with Gasteiger partial charge in [-0.15, -0.1) is 5.10 Å². The number of thioether (sulfide) groups is 1. The fraction of sp³-hybridized carbons (Fsp3) is 0.579. The molecule has 4 rings (SSSR count). The second-order valence-electron chi connectivity index (χ2n) is 7.88. The summed E-state index contributed by atoms with van der Waals surface area (Å²) in [6.07, 6.45) is 0.701. The summed E-state index contributed by atoms with van der Waals surface area (Å²) in [5, 5.41) is 12.6. The molecule has 2 aliphatic heterocycles. The van der Waals surface area contributed by atoms with E-state index in [9.17, 15) is 13.2 Å². The Balaban J connectivity index is 1.33. The lowest BCUT2D eigenvalue weighted by Gasteiger charge is -2.37. The fourth-order valence-electron chi connectivity index (χ4n) is 4.17. The Morgan fingerprint density at radius 3 is 2.50 bits per heavy atom. The lowest BCUT2D eigenvalue weighted by Crippen LogP contribution is -2.52.